The third kappa shape index (κ3) is 4.05. The van der Waals surface area contributed by atoms with Crippen LogP contribution in [0.2, 0.25) is 0 Å². The quantitative estimate of drug-likeness (QED) is 0.315. The number of rotatable bonds is 2. The van der Waals surface area contributed by atoms with E-state index >= 15 is 0 Å². The van der Waals surface area contributed by atoms with Gasteiger partial charge in [0, 0.05) is 61.5 Å². The van der Waals surface area contributed by atoms with Crippen molar-refractivity contribution in [3.63, 3.8) is 0 Å². The maximum atomic E-state index is 5.25. The van der Waals surface area contributed by atoms with Crippen molar-refractivity contribution in [3.05, 3.63) is 95.3 Å². The molecule has 4 nitrogen and oxygen atoms in total. The second-order valence-corrected chi connectivity index (χ2v) is 11.4. The van der Waals surface area contributed by atoms with Crippen molar-refractivity contribution >= 4 is 11.4 Å². The van der Waals surface area contributed by atoms with Crippen LogP contribution in [-0.2, 0) is 10.8 Å². The van der Waals surface area contributed by atoms with Crippen LogP contribution in [0.25, 0.3) is 22.5 Å². The van der Waals surface area contributed by atoms with Gasteiger partial charge in [-0.15, -0.1) is 0 Å². The Morgan fingerprint density at radius 3 is 1.28 bits per heavy atom. The molecule has 4 heteroatoms. The summed E-state index contributed by atoms with van der Waals surface area (Å²) in [5.41, 5.74) is 10.5. The zero-order chi connectivity index (χ0) is 25.8. The summed E-state index contributed by atoms with van der Waals surface area (Å²) in [5.74, 6) is 0. The summed E-state index contributed by atoms with van der Waals surface area (Å²) in [6, 6.07) is 26.4. The predicted molar refractivity (Wildman–Crippen MR) is 152 cm³/mol. The Kier molecular flexibility index (Phi) is 5.66. The summed E-state index contributed by atoms with van der Waals surface area (Å²) < 4.78 is 0. The van der Waals surface area contributed by atoms with Crippen molar-refractivity contribution in [2.24, 2.45) is 0 Å². The smallest absolute Gasteiger partial charge is 0.0726 e. The lowest BCUT2D eigenvalue weighted by molar-refractivity contribution is 0.614. The van der Waals surface area contributed by atoms with Gasteiger partial charge < -0.3 is 9.80 Å². The third-order valence-corrected chi connectivity index (χ3v) is 7.69. The number of hydrogen-bond acceptors (Lipinski definition) is 4. The molecule has 0 saturated heterocycles. The maximum Gasteiger partial charge on any atom is 0.0726 e. The van der Waals surface area contributed by atoms with Crippen LogP contribution < -0.4 is 9.80 Å². The van der Waals surface area contributed by atoms with Gasteiger partial charge in [-0.2, -0.15) is 0 Å². The average molecular weight is 477 g/mol. The van der Waals surface area contributed by atoms with E-state index in [9.17, 15) is 0 Å². The molecule has 5 rings (SSSR count). The van der Waals surface area contributed by atoms with Gasteiger partial charge in [0.05, 0.1) is 22.8 Å². The summed E-state index contributed by atoms with van der Waals surface area (Å²) in [6.07, 6.45) is 0. The van der Waals surface area contributed by atoms with Crippen LogP contribution in [0.3, 0.4) is 0 Å². The van der Waals surface area contributed by atoms with Gasteiger partial charge in [0.2, 0.25) is 0 Å². The van der Waals surface area contributed by atoms with Crippen molar-refractivity contribution in [2.75, 3.05) is 38.0 Å². The molecule has 1 aliphatic heterocycles. The van der Waals surface area contributed by atoms with E-state index in [-0.39, 0.29) is 10.8 Å². The summed E-state index contributed by atoms with van der Waals surface area (Å²) in [6.45, 7) is 9.05. The molecule has 4 aromatic rings. The van der Waals surface area contributed by atoms with Crippen molar-refractivity contribution in [1.29, 1.82) is 0 Å². The number of benzene rings is 2. The van der Waals surface area contributed by atoms with E-state index in [2.05, 4.69) is 138 Å². The van der Waals surface area contributed by atoms with E-state index in [0.29, 0.717) is 0 Å². The fourth-order valence-electron chi connectivity index (χ4n) is 4.92. The first-order valence-corrected chi connectivity index (χ1v) is 12.6. The van der Waals surface area contributed by atoms with E-state index in [1.165, 1.54) is 11.1 Å². The van der Waals surface area contributed by atoms with Gasteiger partial charge in [-0.3, -0.25) is 9.97 Å². The molecule has 1 aliphatic rings. The molecule has 2 aromatic carbocycles. The van der Waals surface area contributed by atoms with E-state index < -0.39 is 0 Å². The van der Waals surface area contributed by atoms with Gasteiger partial charge >= 0.3 is 0 Å². The fourth-order valence-corrected chi connectivity index (χ4v) is 4.92. The molecule has 0 saturated carbocycles. The SMILES string of the molecule is CN(C)c1cc2nc(c1)C(C)(C)c1cccc(c1)-c1cc(N(C)C)cc(n1)C(C)(C)c1cccc-2c1. The average Bonchev–Trinajstić information content (AvgIpc) is 2.87. The zero-order valence-electron chi connectivity index (χ0n) is 22.7. The molecule has 0 radical (unpaired) electrons. The molecule has 0 unspecified atom stereocenters. The predicted octanol–water partition coefficient (Wildman–Crippen LogP) is 6.91. The highest BCUT2D eigenvalue weighted by Gasteiger charge is 2.30. The maximum absolute atomic E-state index is 5.25. The monoisotopic (exact) mass is 476 g/mol. The Morgan fingerprint density at radius 1 is 0.528 bits per heavy atom. The van der Waals surface area contributed by atoms with E-state index in [4.69, 9.17) is 9.97 Å². The number of nitrogens with zero attached hydrogens (tertiary/aromatic N) is 4. The largest absolute Gasteiger partial charge is 0.378 e. The molecule has 3 heterocycles. The van der Waals surface area contributed by atoms with Crippen LogP contribution in [0.5, 0.6) is 0 Å². The minimum Gasteiger partial charge on any atom is -0.378 e. The van der Waals surface area contributed by atoms with Crippen LogP contribution in [-0.4, -0.2) is 38.2 Å². The van der Waals surface area contributed by atoms with E-state index in [0.717, 1.165) is 45.3 Å². The third-order valence-electron chi connectivity index (χ3n) is 7.69. The minimum absolute atomic E-state index is 0.292. The minimum atomic E-state index is -0.292. The zero-order valence-corrected chi connectivity index (χ0v) is 22.7. The van der Waals surface area contributed by atoms with Gasteiger partial charge in [0.15, 0.2) is 0 Å². The molecule has 0 atom stereocenters. The van der Waals surface area contributed by atoms with Gasteiger partial charge in [0.25, 0.3) is 0 Å². The summed E-state index contributed by atoms with van der Waals surface area (Å²) in [7, 11) is 8.37. The Balaban J connectivity index is 1.89. The molecule has 2 aromatic heterocycles. The normalized spacial score (nSPS) is 15.1. The second kappa shape index (κ2) is 8.48. The lowest BCUT2D eigenvalue weighted by Crippen LogP contribution is -2.23. The number of aromatic nitrogens is 2. The molecule has 0 aliphatic carbocycles. The van der Waals surface area contributed by atoms with Gasteiger partial charge in [0.1, 0.15) is 0 Å². The van der Waals surface area contributed by atoms with Crippen LogP contribution >= 0.6 is 0 Å². The van der Waals surface area contributed by atoms with Gasteiger partial charge in [-0.05, 0) is 47.5 Å². The van der Waals surface area contributed by atoms with Crippen LogP contribution in [0, 0.1) is 0 Å². The number of hydrogen-bond donors (Lipinski definition) is 0. The Bertz CT molecular complexity index is 1340. The first-order valence-electron chi connectivity index (χ1n) is 12.6. The van der Waals surface area contributed by atoms with Crippen LogP contribution in [0.15, 0.2) is 72.8 Å². The number of pyridine rings is 2. The van der Waals surface area contributed by atoms with Crippen molar-refractivity contribution in [3.8, 4) is 22.5 Å². The summed E-state index contributed by atoms with van der Waals surface area (Å²) in [5, 5.41) is 0. The first kappa shape index (κ1) is 24.1. The van der Waals surface area contributed by atoms with E-state index in [1.54, 1.807) is 0 Å². The van der Waals surface area contributed by atoms with Gasteiger partial charge in [-0.1, -0.05) is 64.1 Å². The fraction of sp³-hybridized carbons (Fsp3) is 0.312. The molecule has 0 spiro atoms. The van der Waals surface area contributed by atoms with Crippen LogP contribution in [0.1, 0.15) is 50.2 Å². The topological polar surface area (TPSA) is 32.3 Å². The molecule has 0 N–H and O–H groups in total. The van der Waals surface area contributed by atoms with E-state index in [1.807, 2.05) is 0 Å². The highest BCUT2D eigenvalue weighted by Crippen LogP contribution is 2.39. The first-order chi connectivity index (χ1) is 17.0. The molecule has 0 amide bonds. The highest BCUT2D eigenvalue weighted by atomic mass is 15.1. The molecule has 8 bridgehead atoms. The lowest BCUT2D eigenvalue weighted by Gasteiger charge is -2.30. The molecular formula is C32H36N4. The molecule has 0 fully saturated rings. The standard InChI is InChI=1S/C32H36N4/c1-31(2)23-13-9-11-21(15-23)28-18-26(36(7)8)20-30(34-28)32(3,4)24-14-10-12-22(16-24)27-17-25(35(5)6)19-29(31)33-27/h9-20H,1-8H3. The summed E-state index contributed by atoms with van der Waals surface area (Å²) >= 11 is 0. The Labute approximate surface area is 215 Å². The molecular weight excluding hydrogens is 440 g/mol. The van der Waals surface area contributed by atoms with Crippen molar-refractivity contribution in [2.45, 2.75) is 38.5 Å². The number of fused-ring (bicyclic) bond motifs is 10. The highest BCUT2D eigenvalue weighted by molar-refractivity contribution is 5.70. The Morgan fingerprint density at radius 2 is 0.917 bits per heavy atom. The van der Waals surface area contributed by atoms with Gasteiger partial charge in [-0.25, -0.2) is 0 Å². The van der Waals surface area contributed by atoms with Crippen molar-refractivity contribution in [1.82, 2.24) is 9.97 Å². The number of anilines is 2. The second-order valence-electron chi connectivity index (χ2n) is 11.4. The lowest BCUT2D eigenvalue weighted by atomic mass is 9.78. The Hall–Kier alpha value is -3.66. The molecule has 184 valence electrons. The van der Waals surface area contributed by atoms with Crippen molar-refractivity contribution < 1.29 is 0 Å². The molecule has 36 heavy (non-hydrogen) atoms. The van der Waals surface area contributed by atoms with Crippen LogP contribution in [0.4, 0.5) is 11.4 Å². The summed E-state index contributed by atoms with van der Waals surface area (Å²) in [4.78, 5) is 14.8.